The Morgan fingerprint density at radius 3 is 2.33 bits per heavy atom. The van der Waals surface area contributed by atoms with E-state index in [-0.39, 0.29) is 10.8 Å². The van der Waals surface area contributed by atoms with Crippen LogP contribution in [0.25, 0.3) is 0 Å². The molecular weight excluding hydrogens is 210 g/mol. The standard InChI is InChI=1S/C10H19N3OS/c1-10(2,3)15(14)12-9-4-6-13(8-11)7-5-9/h9,12H,4-7H2,1-3H3. The normalized spacial score (nSPS) is 21.1. The van der Waals surface area contributed by atoms with Crippen molar-refractivity contribution in [1.29, 1.82) is 5.26 Å². The quantitative estimate of drug-likeness (QED) is 0.566. The third-order valence-corrected chi connectivity index (χ3v) is 4.13. The summed E-state index contributed by atoms with van der Waals surface area (Å²) in [5.74, 6) is 0. The van der Waals surface area contributed by atoms with Crippen molar-refractivity contribution >= 4 is 11.4 Å². The first-order valence-corrected chi connectivity index (χ1v) is 6.41. The minimum absolute atomic E-state index is 0.216. The molecule has 1 rings (SSSR count). The van der Waals surface area contributed by atoms with E-state index >= 15 is 0 Å². The van der Waals surface area contributed by atoms with Crippen LogP contribution in [0.3, 0.4) is 0 Å². The van der Waals surface area contributed by atoms with Gasteiger partial charge in [0.1, 0.15) is 4.75 Å². The number of piperidine rings is 1. The van der Waals surface area contributed by atoms with Gasteiger partial charge in [0.05, 0.1) is 6.04 Å². The molecule has 4 nitrogen and oxygen atoms in total. The monoisotopic (exact) mass is 229 g/mol. The first kappa shape index (κ1) is 12.6. The molecule has 15 heavy (non-hydrogen) atoms. The molecule has 0 aromatic heterocycles. The highest BCUT2D eigenvalue weighted by molar-refractivity contribution is 7.90. The lowest BCUT2D eigenvalue weighted by Crippen LogP contribution is -2.48. The van der Waals surface area contributed by atoms with E-state index in [1.807, 2.05) is 20.8 Å². The van der Waals surface area contributed by atoms with Crippen LogP contribution in [0.15, 0.2) is 0 Å². The molecule has 1 atom stereocenters. The number of likely N-dealkylation sites (tertiary alicyclic amines) is 1. The number of hydrogen-bond donors (Lipinski definition) is 1. The van der Waals surface area contributed by atoms with E-state index in [9.17, 15) is 4.55 Å². The molecule has 86 valence electrons. The van der Waals surface area contributed by atoms with Gasteiger partial charge in [-0.1, -0.05) is 0 Å². The number of nitrogens with one attached hydrogen (secondary N) is 1. The van der Waals surface area contributed by atoms with Crippen molar-refractivity contribution in [3.05, 3.63) is 0 Å². The van der Waals surface area contributed by atoms with Crippen molar-refractivity contribution in [3.63, 3.8) is 0 Å². The van der Waals surface area contributed by atoms with E-state index in [1.165, 1.54) is 0 Å². The third-order valence-electron chi connectivity index (χ3n) is 2.47. The van der Waals surface area contributed by atoms with Crippen molar-refractivity contribution in [2.75, 3.05) is 13.1 Å². The SMILES string of the molecule is CC(C)(C)[S+]([O-])NC1CCN(C#N)CC1. The molecule has 1 unspecified atom stereocenters. The molecule has 0 amide bonds. The largest absolute Gasteiger partial charge is 0.598 e. The summed E-state index contributed by atoms with van der Waals surface area (Å²) in [5.41, 5.74) is 0. The van der Waals surface area contributed by atoms with Gasteiger partial charge in [0.25, 0.3) is 0 Å². The summed E-state index contributed by atoms with van der Waals surface area (Å²) in [6.07, 6.45) is 3.93. The van der Waals surface area contributed by atoms with Gasteiger partial charge in [-0.05, 0) is 33.6 Å². The van der Waals surface area contributed by atoms with Gasteiger partial charge in [-0.2, -0.15) is 5.26 Å². The van der Waals surface area contributed by atoms with Crippen LogP contribution < -0.4 is 4.72 Å². The van der Waals surface area contributed by atoms with E-state index in [4.69, 9.17) is 5.26 Å². The summed E-state index contributed by atoms with van der Waals surface area (Å²) < 4.78 is 14.7. The highest BCUT2D eigenvalue weighted by Crippen LogP contribution is 2.17. The van der Waals surface area contributed by atoms with Crippen LogP contribution in [0.4, 0.5) is 0 Å². The Labute approximate surface area is 94.9 Å². The lowest BCUT2D eigenvalue weighted by atomic mass is 10.1. The van der Waals surface area contributed by atoms with E-state index in [2.05, 4.69) is 10.9 Å². The topological polar surface area (TPSA) is 62.1 Å². The van der Waals surface area contributed by atoms with Crippen LogP contribution in [-0.4, -0.2) is 33.3 Å². The van der Waals surface area contributed by atoms with Gasteiger partial charge >= 0.3 is 0 Å². The molecule has 1 saturated heterocycles. The molecular formula is C10H19N3OS. The first-order chi connectivity index (χ1) is 6.93. The molecule has 0 radical (unpaired) electrons. The van der Waals surface area contributed by atoms with Gasteiger partial charge in [0.15, 0.2) is 6.19 Å². The van der Waals surface area contributed by atoms with Crippen molar-refractivity contribution in [2.45, 2.75) is 44.4 Å². The fourth-order valence-electron chi connectivity index (χ4n) is 1.43. The zero-order valence-corrected chi connectivity index (χ0v) is 10.4. The van der Waals surface area contributed by atoms with Gasteiger partial charge in [0.2, 0.25) is 0 Å². The molecule has 0 spiro atoms. The summed E-state index contributed by atoms with van der Waals surface area (Å²) in [7, 11) is 0. The van der Waals surface area contributed by atoms with E-state index in [0.29, 0.717) is 0 Å². The number of nitrogens with zero attached hydrogens (tertiary/aromatic N) is 2. The number of rotatable bonds is 2. The van der Waals surface area contributed by atoms with E-state index < -0.39 is 11.4 Å². The fourth-order valence-corrected chi connectivity index (χ4v) is 2.32. The maximum atomic E-state index is 11.8. The van der Waals surface area contributed by atoms with Crippen LogP contribution in [0, 0.1) is 11.5 Å². The summed E-state index contributed by atoms with van der Waals surface area (Å²) in [6.45, 7) is 7.42. The summed E-state index contributed by atoms with van der Waals surface area (Å²) in [5, 5.41) is 8.68. The van der Waals surface area contributed by atoms with Crippen LogP contribution >= 0.6 is 0 Å². The van der Waals surface area contributed by atoms with Gasteiger partial charge in [0, 0.05) is 24.5 Å². The van der Waals surface area contributed by atoms with Gasteiger partial charge in [-0.25, -0.2) is 0 Å². The molecule has 1 aliphatic rings. The maximum Gasteiger partial charge on any atom is 0.179 e. The summed E-state index contributed by atoms with van der Waals surface area (Å²) in [4.78, 5) is 1.75. The Hall–Kier alpha value is -0.440. The zero-order valence-electron chi connectivity index (χ0n) is 9.62. The minimum Gasteiger partial charge on any atom is -0.598 e. The maximum absolute atomic E-state index is 11.8. The molecule has 0 aromatic carbocycles. The average molecular weight is 229 g/mol. The Morgan fingerprint density at radius 2 is 1.93 bits per heavy atom. The lowest BCUT2D eigenvalue weighted by Gasteiger charge is -2.32. The van der Waals surface area contributed by atoms with E-state index in [0.717, 1.165) is 25.9 Å². The lowest BCUT2D eigenvalue weighted by molar-refractivity contribution is 0.284. The van der Waals surface area contributed by atoms with Gasteiger partial charge in [-0.3, -0.25) is 0 Å². The van der Waals surface area contributed by atoms with E-state index in [1.54, 1.807) is 4.90 Å². The van der Waals surface area contributed by atoms with Crippen LogP contribution in [0.1, 0.15) is 33.6 Å². The predicted octanol–water partition coefficient (Wildman–Crippen LogP) is 0.984. The summed E-state index contributed by atoms with van der Waals surface area (Å²) >= 11 is -0.999. The van der Waals surface area contributed by atoms with Crippen LogP contribution in [0.2, 0.25) is 0 Å². The third kappa shape index (κ3) is 3.90. The Morgan fingerprint density at radius 1 is 1.40 bits per heavy atom. The summed E-state index contributed by atoms with van der Waals surface area (Å²) in [6, 6.07) is 0.287. The second-order valence-corrected chi connectivity index (χ2v) is 6.86. The molecule has 0 aliphatic carbocycles. The van der Waals surface area contributed by atoms with Crippen molar-refractivity contribution < 1.29 is 4.55 Å². The first-order valence-electron chi connectivity index (χ1n) is 5.26. The smallest absolute Gasteiger partial charge is 0.179 e. The molecule has 0 bridgehead atoms. The molecule has 1 fully saturated rings. The van der Waals surface area contributed by atoms with Crippen molar-refractivity contribution in [1.82, 2.24) is 9.62 Å². The second kappa shape index (κ2) is 5.06. The predicted molar refractivity (Wildman–Crippen MR) is 61.2 cm³/mol. The van der Waals surface area contributed by atoms with Crippen molar-refractivity contribution in [2.24, 2.45) is 0 Å². The molecule has 5 heteroatoms. The second-order valence-electron chi connectivity index (χ2n) is 4.86. The van der Waals surface area contributed by atoms with Gasteiger partial charge < -0.3 is 9.45 Å². The number of hydrogen-bond acceptors (Lipinski definition) is 4. The Bertz CT molecular complexity index is 238. The highest BCUT2D eigenvalue weighted by Gasteiger charge is 2.30. The highest BCUT2D eigenvalue weighted by atomic mass is 32.2. The Balaban J connectivity index is 2.33. The molecule has 1 aliphatic heterocycles. The van der Waals surface area contributed by atoms with Gasteiger partial charge in [-0.15, -0.1) is 4.72 Å². The molecule has 0 aromatic rings. The average Bonchev–Trinajstić information content (AvgIpc) is 2.17. The molecule has 1 N–H and O–H groups in total. The Kier molecular flexibility index (Phi) is 4.26. The molecule has 1 heterocycles. The van der Waals surface area contributed by atoms with Crippen LogP contribution in [0.5, 0.6) is 0 Å². The molecule has 0 saturated carbocycles. The van der Waals surface area contributed by atoms with Crippen LogP contribution in [-0.2, 0) is 11.4 Å². The zero-order chi connectivity index (χ0) is 11.5. The number of nitriles is 1. The fraction of sp³-hybridized carbons (Fsp3) is 0.900. The van der Waals surface area contributed by atoms with Crippen molar-refractivity contribution in [3.8, 4) is 6.19 Å². The minimum atomic E-state index is -0.999.